The molecule has 1 aliphatic carbocycles. The number of aliphatic carboxylic acids is 1. The Balaban J connectivity index is 2.21. The van der Waals surface area contributed by atoms with Crippen LogP contribution in [0.25, 0.3) is 6.08 Å². The second-order valence-corrected chi connectivity index (χ2v) is 5.40. The molecule has 100 valence electrons. The zero-order chi connectivity index (χ0) is 13.8. The van der Waals surface area contributed by atoms with Crippen molar-refractivity contribution in [3.05, 3.63) is 47.0 Å². The summed E-state index contributed by atoms with van der Waals surface area (Å²) >= 11 is 3.49. The SMILES string of the molecule is C=CCN(c1ccc(/C=C/C(=O)O)c(Br)c1)C1CC1. The predicted molar refractivity (Wildman–Crippen MR) is 81.4 cm³/mol. The van der Waals surface area contributed by atoms with Crippen LogP contribution in [-0.2, 0) is 4.79 Å². The molecule has 1 aromatic carbocycles. The third kappa shape index (κ3) is 3.70. The van der Waals surface area contributed by atoms with E-state index in [2.05, 4.69) is 27.4 Å². The summed E-state index contributed by atoms with van der Waals surface area (Å²) in [5, 5.41) is 8.64. The van der Waals surface area contributed by atoms with Crippen molar-refractivity contribution in [1.29, 1.82) is 0 Å². The number of carboxylic acids is 1. The van der Waals surface area contributed by atoms with Crippen LogP contribution in [0.5, 0.6) is 0 Å². The highest BCUT2D eigenvalue weighted by Crippen LogP contribution is 2.33. The monoisotopic (exact) mass is 321 g/mol. The molecule has 1 fully saturated rings. The zero-order valence-electron chi connectivity index (χ0n) is 10.6. The van der Waals surface area contributed by atoms with Gasteiger partial charge in [0.05, 0.1) is 0 Å². The average Bonchev–Trinajstić information content (AvgIpc) is 3.18. The lowest BCUT2D eigenvalue weighted by molar-refractivity contribution is -0.131. The van der Waals surface area contributed by atoms with Crippen molar-refractivity contribution in [3.8, 4) is 0 Å². The van der Waals surface area contributed by atoms with E-state index in [0.717, 1.165) is 28.3 Å². The van der Waals surface area contributed by atoms with Gasteiger partial charge in [-0.3, -0.25) is 0 Å². The number of benzene rings is 1. The van der Waals surface area contributed by atoms with Gasteiger partial charge in [0.2, 0.25) is 0 Å². The van der Waals surface area contributed by atoms with Gasteiger partial charge in [-0.15, -0.1) is 6.58 Å². The van der Waals surface area contributed by atoms with Gasteiger partial charge < -0.3 is 10.0 Å². The minimum atomic E-state index is -0.942. The Kier molecular flexibility index (Phi) is 4.43. The highest BCUT2D eigenvalue weighted by atomic mass is 79.9. The third-order valence-corrected chi connectivity index (χ3v) is 3.72. The molecule has 19 heavy (non-hydrogen) atoms. The fourth-order valence-corrected chi connectivity index (χ4v) is 2.48. The number of nitrogens with zero attached hydrogens (tertiary/aromatic N) is 1. The summed E-state index contributed by atoms with van der Waals surface area (Å²) in [6, 6.07) is 6.60. The fraction of sp³-hybridized carbons (Fsp3) is 0.267. The van der Waals surface area contributed by atoms with Crippen molar-refractivity contribution in [2.75, 3.05) is 11.4 Å². The van der Waals surface area contributed by atoms with Crippen LogP contribution in [0.4, 0.5) is 5.69 Å². The summed E-state index contributed by atoms with van der Waals surface area (Å²) in [5.41, 5.74) is 2.00. The van der Waals surface area contributed by atoms with Gasteiger partial charge in [-0.25, -0.2) is 4.79 Å². The Morgan fingerprint density at radius 2 is 2.26 bits per heavy atom. The summed E-state index contributed by atoms with van der Waals surface area (Å²) in [5.74, 6) is -0.942. The minimum absolute atomic E-state index is 0.616. The third-order valence-electron chi connectivity index (χ3n) is 3.03. The second-order valence-electron chi connectivity index (χ2n) is 4.55. The summed E-state index contributed by atoms with van der Waals surface area (Å²) in [6.45, 7) is 4.63. The van der Waals surface area contributed by atoms with E-state index in [9.17, 15) is 4.79 Å². The number of anilines is 1. The maximum Gasteiger partial charge on any atom is 0.328 e. The molecule has 0 aliphatic heterocycles. The lowest BCUT2D eigenvalue weighted by Crippen LogP contribution is -2.25. The van der Waals surface area contributed by atoms with Crippen LogP contribution in [-0.4, -0.2) is 23.7 Å². The van der Waals surface area contributed by atoms with Gasteiger partial charge >= 0.3 is 5.97 Å². The highest BCUT2D eigenvalue weighted by Gasteiger charge is 2.28. The standard InChI is InChI=1S/C15H16BrNO2/c1-2-9-17(12-6-7-12)13-5-3-11(14(16)10-13)4-8-15(18)19/h2-5,8,10,12H,1,6-7,9H2,(H,18,19)/b8-4+. The molecule has 0 amide bonds. The van der Waals surface area contributed by atoms with E-state index in [1.807, 2.05) is 24.3 Å². The first kappa shape index (κ1) is 13.9. The van der Waals surface area contributed by atoms with E-state index in [-0.39, 0.29) is 0 Å². The Bertz CT molecular complexity index is 521. The first-order valence-electron chi connectivity index (χ1n) is 6.20. The molecule has 0 unspecified atom stereocenters. The van der Waals surface area contributed by atoms with Gasteiger partial charge in [0, 0.05) is 28.8 Å². The van der Waals surface area contributed by atoms with Crippen molar-refractivity contribution in [2.24, 2.45) is 0 Å². The Hall–Kier alpha value is -1.55. The number of hydrogen-bond acceptors (Lipinski definition) is 2. The Morgan fingerprint density at radius 1 is 1.53 bits per heavy atom. The minimum Gasteiger partial charge on any atom is -0.478 e. The molecular formula is C15H16BrNO2. The van der Waals surface area contributed by atoms with Crippen LogP contribution in [0.1, 0.15) is 18.4 Å². The normalized spacial score (nSPS) is 14.6. The first-order valence-corrected chi connectivity index (χ1v) is 6.99. The highest BCUT2D eigenvalue weighted by molar-refractivity contribution is 9.10. The Morgan fingerprint density at radius 3 is 2.79 bits per heavy atom. The van der Waals surface area contributed by atoms with Crippen LogP contribution in [0.3, 0.4) is 0 Å². The second kappa shape index (κ2) is 6.06. The maximum absolute atomic E-state index is 10.5. The zero-order valence-corrected chi connectivity index (χ0v) is 12.1. The molecule has 1 saturated carbocycles. The van der Waals surface area contributed by atoms with Gasteiger partial charge in [0.25, 0.3) is 0 Å². The van der Waals surface area contributed by atoms with E-state index < -0.39 is 5.97 Å². The molecule has 0 atom stereocenters. The lowest BCUT2D eigenvalue weighted by Gasteiger charge is -2.23. The molecule has 3 nitrogen and oxygen atoms in total. The molecule has 0 radical (unpaired) electrons. The van der Waals surface area contributed by atoms with Crippen molar-refractivity contribution < 1.29 is 9.90 Å². The number of hydrogen-bond donors (Lipinski definition) is 1. The smallest absolute Gasteiger partial charge is 0.328 e. The molecular weight excluding hydrogens is 306 g/mol. The fourth-order valence-electron chi connectivity index (χ4n) is 1.98. The van der Waals surface area contributed by atoms with Gasteiger partial charge in [-0.2, -0.15) is 0 Å². The van der Waals surface area contributed by atoms with Crippen LogP contribution in [0.15, 0.2) is 41.4 Å². The van der Waals surface area contributed by atoms with Crippen LogP contribution in [0.2, 0.25) is 0 Å². The predicted octanol–water partition coefficient (Wildman–Crippen LogP) is 3.70. The van der Waals surface area contributed by atoms with Gasteiger partial charge in [0.1, 0.15) is 0 Å². The van der Waals surface area contributed by atoms with Gasteiger partial charge in [0.15, 0.2) is 0 Å². The molecule has 1 N–H and O–H groups in total. The van der Waals surface area contributed by atoms with E-state index in [4.69, 9.17) is 5.11 Å². The van der Waals surface area contributed by atoms with Crippen molar-refractivity contribution in [3.63, 3.8) is 0 Å². The summed E-state index contributed by atoms with van der Waals surface area (Å²) in [6.07, 6.45) is 7.09. The molecule has 0 saturated heterocycles. The van der Waals surface area contributed by atoms with Crippen LogP contribution in [0, 0.1) is 0 Å². The van der Waals surface area contributed by atoms with Gasteiger partial charge in [-0.1, -0.05) is 28.1 Å². The van der Waals surface area contributed by atoms with E-state index in [1.165, 1.54) is 12.8 Å². The van der Waals surface area contributed by atoms with Crippen LogP contribution < -0.4 is 4.90 Å². The molecule has 0 bridgehead atoms. The summed E-state index contributed by atoms with van der Waals surface area (Å²) < 4.78 is 0.900. The molecule has 4 heteroatoms. The van der Waals surface area contributed by atoms with Crippen molar-refractivity contribution >= 4 is 33.7 Å². The molecule has 1 aliphatic rings. The van der Waals surface area contributed by atoms with E-state index >= 15 is 0 Å². The molecule has 1 aromatic rings. The van der Waals surface area contributed by atoms with Crippen LogP contribution >= 0.6 is 15.9 Å². The largest absolute Gasteiger partial charge is 0.478 e. The van der Waals surface area contributed by atoms with Crippen molar-refractivity contribution in [1.82, 2.24) is 0 Å². The number of rotatable bonds is 6. The molecule has 0 heterocycles. The summed E-state index contributed by atoms with van der Waals surface area (Å²) in [4.78, 5) is 12.8. The van der Waals surface area contributed by atoms with Crippen molar-refractivity contribution in [2.45, 2.75) is 18.9 Å². The van der Waals surface area contributed by atoms with E-state index in [1.54, 1.807) is 6.08 Å². The molecule has 2 rings (SSSR count). The van der Waals surface area contributed by atoms with Gasteiger partial charge in [-0.05, 0) is 36.6 Å². The average molecular weight is 322 g/mol. The number of carbonyl (C=O) groups is 1. The summed E-state index contributed by atoms with van der Waals surface area (Å²) in [7, 11) is 0. The molecule has 0 aromatic heterocycles. The topological polar surface area (TPSA) is 40.5 Å². The number of halogens is 1. The number of carboxylic acid groups (broad SMARTS) is 1. The molecule has 0 spiro atoms. The lowest BCUT2D eigenvalue weighted by atomic mass is 10.1. The maximum atomic E-state index is 10.5. The quantitative estimate of drug-likeness (QED) is 0.641. The first-order chi connectivity index (χ1) is 9.11. The van der Waals surface area contributed by atoms with E-state index in [0.29, 0.717) is 6.04 Å². The Labute approximate surface area is 121 Å².